The first kappa shape index (κ1) is 23.5. The largest absolute Gasteiger partial charge is 0.385 e. The van der Waals surface area contributed by atoms with E-state index in [9.17, 15) is 0 Å². The highest BCUT2D eigenvalue weighted by Gasteiger charge is 2.23. The molecule has 9 heteroatoms. The lowest BCUT2D eigenvalue weighted by Gasteiger charge is -2.16. The molecule has 1 aromatic rings. The molecule has 1 saturated carbocycles. The third-order valence-electron chi connectivity index (χ3n) is 4.52. The molecular weight excluding hydrogens is 463 g/mol. The molecule has 0 saturated heterocycles. The summed E-state index contributed by atoms with van der Waals surface area (Å²) in [6, 6.07) is 0.593. The van der Waals surface area contributed by atoms with Crippen molar-refractivity contribution in [1.29, 1.82) is 0 Å². The van der Waals surface area contributed by atoms with Gasteiger partial charge in [-0.05, 0) is 31.9 Å². The molecule has 2 rings (SSSR count). The Kier molecular flexibility index (Phi) is 12.3. The molecular formula is C17H33IN6OS. The Balaban J connectivity index is 0.00000338. The molecule has 0 amide bonds. The van der Waals surface area contributed by atoms with Crippen LogP contribution in [0.4, 0.5) is 0 Å². The maximum Gasteiger partial charge on any atom is 0.191 e. The number of halogens is 1. The molecule has 0 unspecified atom stereocenters. The van der Waals surface area contributed by atoms with E-state index in [1.54, 1.807) is 25.9 Å². The lowest BCUT2D eigenvalue weighted by Crippen LogP contribution is -2.38. The van der Waals surface area contributed by atoms with E-state index in [2.05, 4.69) is 36.6 Å². The van der Waals surface area contributed by atoms with Gasteiger partial charge in [-0.15, -0.1) is 34.2 Å². The van der Waals surface area contributed by atoms with Gasteiger partial charge in [-0.25, -0.2) is 0 Å². The third kappa shape index (κ3) is 7.22. The van der Waals surface area contributed by atoms with Crippen LogP contribution in [0.25, 0.3) is 0 Å². The van der Waals surface area contributed by atoms with Crippen molar-refractivity contribution in [2.45, 2.75) is 56.1 Å². The van der Waals surface area contributed by atoms with E-state index in [0.717, 1.165) is 55.9 Å². The first-order valence-electron chi connectivity index (χ1n) is 9.21. The number of ether oxygens (including phenoxy) is 1. The monoisotopic (exact) mass is 496 g/mol. The van der Waals surface area contributed by atoms with Gasteiger partial charge in [-0.2, -0.15) is 0 Å². The average molecular weight is 496 g/mol. The topological polar surface area (TPSA) is 76.4 Å². The van der Waals surface area contributed by atoms with Crippen molar-refractivity contribution in [3.05, 3.63) is 5.82 Å². The number of hydrogen-bond acceptors (Lipinski definition) is 5. The maximum absolute atomic E-state index is 5.05. The van der Waals surface area contributed by atoms with Gasteiger partial charge in [-0.1, -0.05) is 24.6 Å². The number of thioether (sulfide) groups is 1. The number of hydrogen-bond donors (Lipinski definition) is 2. The van der Waals surface area contributed by atoms with Gasteiger partial charge in [0, 0.05) is 46.3 Å². The summed E-state index contributed by atoms with van der Waals surface area (Å²) in [4.78, 5) is 4.25. The van der Waals surface area contributed by atoms with Gasteiger partial charge in [0.05, 0.1) is 0 Å². The van der Waals surface area contributed by atoms with E-state index in [1.165, 1.54) is 25.7 Å². The van der Waals surface area contributed by atoms with Crippen LogP contribution < -0.4 is 10.6 Å². The summed E-state index contributed by atoms with van der Waals surface area (Å²) in [5.74, 6) is 1.97. The van der Waals surface area contributed by atoms with E-state index < -0.39 is 0 Å². The Morgan fingerprint density at radius 3 is 2.54 bits per heavy atom. The second-order valence-electron chi connectivity index (χ2n) is 6.29. The van der Waals surface area contributed by atoms with E-state index in [4.69, 9.17) is 4.74 Å². The zero-order valence-corrected chi connectivity index (χ0v) is 19.3. The van der Waals surface area contributed by atoms with Gasteiger partial charge in [0.25, 0.3) is 0 Å². The number of aryl methyl sites for hydroxylation is 1. The van der Waals surface area contributed by atoms with Crippen molar-refractivity contribution in [2.24, 2.45) is 4.99 Å². The van der Waals surface area contributed by atoms with Crippen molar-refractivity contribution in [2.75, 3.05) is 40.1 Å². The molecule has 1 fully saturated rings. The fourth-order valence-electron chi connectivity index (χ4n) is 3.24. The molecule has 7 nitrogen and oxygen atoms in total. The number of aromatic nitrogens is 3. The van der Waals surface area contributed by atoms with Crippen LogP contribution >= 0.6 is 35.7 Å². The number of guanidine groups is 1. The summed E-state index contributed by atoms with van der Waals surface area (Å²) in [6.07, 6.45) is 10.2. The minimum absolute atomic E-state index is 0. The number of nitrogens with one attached hydrogen (secondary N) is 2. The molecule has 26 heavy (non-hydrogen) atoms. The van der Waals surface area contributed by atoms with Crippen molar-refractivity contribution in [3.8, 4) is 0 Å². The highest BCUT2D eigenvalue weighted by Crippen LogP contribution is 2.33. The van der Waals surface area contributed by atoms with Gasteiger partial charge in [0.2, 0.25) is 0 Å². The zero-order valence-electron chi connectivity index (χ0n) is 16.2. The summed E-state index contributed by atoms with van der Waals surface area (Å²) in [5.41, 5.74) is 0. The van der Waals surface area contributed by atoms with E-state index in [0.29, 0.717) is 6.04 Å². The first-order valence-corrected chi connectivity index (χ1v) is 10.4. The molecule has 1 heterocycles. The van der Waals surface area contributed by atoms with Crippen LogP contribution in [0.5, 0.6) is 0 Å². The minimum Gasteiger partial charge on any atom is -0.385 e. The van der Waals surface area contributed by atoms with Crippen molar-refractivity contribution in [3.63, 3.8) is 0 Å². The summed E-state index contributed by atoms with van der Waals surface area (Å²) in [6.45, 7) is 2.50. The molecule has 0 bridgehead atoms. The predicted molar refractivity (Wildman–Crippen MR) is 119 cm³/mol. The fraction of sp³-hybridized carbons (Fsp3) is 0.824. The molecule has 1 aromatic heterocycles. The van der Waals surface area contributed by atoms with Crippen molar-refractivity contribution in [1.82, 2.24) is 25.4 Å². The smallest absolute Gasteiger partial charge is 0.191 e. The zero-order chi connectivity index (χ0) is 17.9. The van der Waals surface area contributed by atoms with Gasteiger partial charge >= 0.3 is 0 Å². The van der Waals surface area contributed by atoms with Crippen LogP contribution in [0, 0.1) is 0 Å². The van der Waals surface area contributed by atoms with Crippen LogP contribution in [0.3, 0.4) is 0 Å². The number of aliphatic imine (C=N–C) groups is 1. The fourth-order valence-corrected chi connectivity index (χ4v) is 3.82. The number of nitrogens with zero attached hydrogens (tertiary/aromatic N) is 4. The lowest BCUT2D eigenvalue weighted by atomic mass is 10.2. The molecule has 1 aliphatic carbocycles. The summed E-state index contributed by atoms with van der Waals surface area (Å²) < 4.78 is 7.44. The molecule has 0 aliphatic heterocycles. The van der Waals surface area contributed by atoms with E-state index >= 15 is 0 Å². The minimum atomic E-state index is 0. The molecule has 0 aromatic carbocycles. The van der Waals surface area contributed by atoms with Crippen molar-refractivity contribution < 1.29 is 4.74 Å². The first-order chi connectivity index (χ1) is 12.3. The third-order valence-corrected chi connectivity index (χ3v) is 5.16. The molecule has 0 radical (unpaired) electrons. The van der Waals surface area contributed by atoms with Crippen LogP contribution in [0.1, 0.15) is 50.4 Å². The van der Waals surface area contributed by atoms with Crippen LogP contribution in [-0.4, -0.2) is 60.8 Å². The van der Waals surface area contributed by atoms with Crippen LogP contribution in [0.2, 0.25) is 0 Å². The molecule has 0 atom stereocenters. The quantitative estimate of drug-likeness (QED) is 0.171. The standard InChI is InChI=1S/C17H32N6OS.HI/c1-18-16(20-12-7-13-24-2)19-11-6-10-15-21-22-17(25-3)23(15)14-8-4-5-9-14;/h14H,4-13H2,1-3H3,(H2,18,19,20);1H. The van der Waals surface area contributed by atoms with Gasteiger partial charge in [-0.3, -0.25) is 4.99 Å². The second kappa shape index (κ2) is 13.6. The Labute approximate surface area is 178 Å². The highest BCUT2D eigenvalue weighted by molar-refractivity contribution is 14.0. The Hall–Kier alpha value is -0.550. The van der Waals surface area contributed by atoms with Gasteiger partial charge in [0.1, 0.15) is 5.82 Å². The molecule has 1 aliphatic rings. The van der Waals surface area contributed by atoms with Crippen LogP contribution in [-0.2, 0) is 11.2 Å². The Morgan fingerprint density at radius 2 is 1.92 bits per heavy atom. The average Bonchev–Trinajstić information content (AvgIpc) is 3.29. The molecule has 150 valence electrons. The van der Waals surface area contributed by atoms with E-state index in [1.807, 2.05) is 0 Å². The number of methoxy groups -OCH3 is 1. The Bertz CT molecular complexity index is 533. The SMILES string of the molecule is CN=C(NCCCOC)NCCCc1nnc(SC)n1C1CCCC1.I. The Morgan fingerprint density at radius 1 is 1.23 bits per heavy atom. The van der Waals surface area contributed by atoms with Gasteiger partial charge in [0.15, 0.2) is 11.1 Å². The number of rotatable bonds is 10. The molecule has 2 N–H and O–H groups in total. The van der Waals surface area contributed by atoms with E-state index in [-0.39, 0.29) is 24.0 Å². The van der Waals surface area contributed by atoms with Crippen LogP contribution in [0.15, 0.2) is 10.1 Å². The second-order valence-corrected chi connectivity index (χ2v) is 7.06. The molecule has 0 spiro atoms. The summed E-state index contributed by atoms with van der Waals surface area (Å²) in [7, 11) is 3.52. The summed E-state index contributed by atoms with van der Waals surface area (Å²) in [5, 5.41) is 16.5. The highest BCUT2D eigenvalue weighted by atomic mass is 127. The normalized spacial score (nSPS) is 15.1. The lowest BCUT2D eigenvalue weighted by molar-refractivity contribution is 0.195. The van der Waals surface area contributed by atoms with Gasteiger partial charge < -0.3 is 19.9 Å². The maximum atomic E-state index is 5.05. The summed E-state index contributed by atoms with van der Waals surface area (Å²) >= 11 is 1.70. The van der Waals surface area contributed by atoms with Crippen molar-refractivity contribution >= 4 is 41.7 Å². The predicted octanol–water partition coefficient (Wildman–Crippen LogP) is 2.87.